The Bertz CT molecular complexity index is 808. The van der Waals surface area contributed by atoms with E-state index in [9.17, 15) is 13.2 Å². The van der Waals surface area contributed by atoms with Gasteiger partial charge >= 0.3 is 6.18 Å². The molecule has 0 radical (unpaired) electrons. The lowest BCUT2D eigenvalue weighted by Crippen LogP contribution is -2.08. The Hall–Kier alpha value is -2.36. The summed E-state index contributed by atoms with van der Waals surface area (Å²) in [5.41, 5.74) is 1.22. The summed E-state index contributed by atoms with van der Waals surface area (Å²) in [5, 5.41) is 0.712. The molecule has 0 aliphatic carbocycles. The normalized spacial score (nSPS) is 11.8. The van der Waals surface area contributed by atoms with Gasteiger partial charge in [0, 0.05) is 16.6 Å². The second-order valence-electron chi connectivity index (χ2n) is 5.08. The summed E-state index contributed by atoms with van der Waals surface area (Å²) >= 11 is 0. The maximum absolute atomic E-state index is 13.4. The molecule has 2 aromatic carbocycles. The van der Waals surface area contributed by atoms with Crippen molar-refractivity contribution in [2.45, 2.75) is 19.5 Å². The fourth-order valence-corrected chi connectivity index (χ4v) is 2.56. The minimum Gasteiger partial charge on any atom is -0.252 e. The molecule has 3 aromatic rings. The van der Waals surface area contributed by atoms with E-state index in [0.717, 1.165) is 11.8 Å². The SMILES string of the molecule is CCc1ccc2ccc(C(F)(F)F)c(-c3ccccc3)c2n1. The largest absolute Gasteiger partial charge is 0.417 e. The van der Waals surface area contributed by atoms with Gasteiger partial charge in [0.05, 0.1) is 11.1 Å². The lowest BCUT2D eigenvalue weighted by molar-refractivity contribution is -0.137. The van der Waals surface area contributed by atoms with Crippen LogP contribution >= 0.6 is 0 Å². The maximum atomic E-state index is 13.4. The van der Waals surface area contributed by atoms with Crippen molar-refractivity contribution in [3.8, 4) is 11.1 Å². The van der Waals surface area contributed by atoms with E-state index >= 15 is 0 Å². The van der Waals surface area contributed by atoms with Crippen LogP contribution in [0.15, 0.2) is 54.6 Å². The van der Waals surface area contributed by atoms with Crippen LogP contribution in [0.5, 0.6) is 0 Å². The van der Waals surface area contributed by atoms with E-state index < -0.39 is 11.7 Å². The van der Waals surface area contributed by atoms with Crippen molar-refractivity contribution in [2.24, 2.45) is 0 Å². The Balaban J connectivity index is 2.41. The average molecular weight is 301 g/mol. The van der Waals surface area contributed by atoms with Gasteiger partial charge in [0.25, 0.3) is 0 Å². The van der Waals surface area contributed by atoms with Gasteiger partial charge in [0.15, 0.2) is 0 Å². The van der Waals surface area contributed by atoms with Gasteiger partial charge in [-0.2, -0.15) is 13.2 Å². The summed E-state index contributed by atoms with van der Waals surface area (Å²) in [6.45, 7) is 1.93. The Morgan fingerprint density at radius 2 is 1.59 bits per heavy atom. The molecule has 112 valence electrons. The quantitative estimate of drug-likeness (QED) is 0.610. The van der Waals surface area contributed by atoms with E-state index in [0.29, 0.717) is 22.9 Å². The number of nitrogens with zero attached hydrogens (tertiary/aromatic N) is 1. The molecule has 0 saturated heterocycles. The molecule has 0 N–H and O–H groups in total. The number of fused-ring (bicyclic) bond motifs is 1. The van der Waals surface area contributed by atoms with Crippen molar-refractivity contribution in [2.75, 3.05) is 0 Å². The van der Waals surface area contributed by atoms with Crippen molar-refractivity contribution in [1.82, 2.24) is 4.98 Å². The molecule has 0 fully saturated rings. The minimum absolute atomic E-state index is 0.154. The van der Waals surface area contributed by atoms with Crippen molar-refractivity contribution in [1.29, 1.82) is 0 Å². The van der Waals surface area contributed by atoms with Gasteiger partial charge in [0.1, 0.15) is 0 Å². The van der Waals surface area contributed by atoms with Crippen LogP contribution in [0.1, 0.15) is 18.2 Å². The molecule has 0 bridgehead atoms. The van der Waals surface area contributed by atoms with Crippen LogP contribution in [0.2, 0.25) is 0 Å². The standard InChI is InChI=1S/C18H14F3N/c1-2-14-10-8-13-9-11-15(18(19,20)21)16(17(13)22-14)12-6-4-3-5-7-12/h3-11H,2H2,1H3. The molecule has 0 spiro atoms. The van der Waals surface area contributed by atoms with E-state index in [2.05, 4.69) is 4.98 Å². The smallest absolute Gasteiger partial charge is 0.252 e. The zero-order chi connectivity index (χ0) is 15.7. The highest BCUT2D eigenvalue weighted by Gasteiger charge is 2.34. The van der Waals surface area contributed by atoms with Gasteiger partial charge in [-0.05, 0) is 24.1 Å². The highest BCUT2D eigenvalue weighted by atomic mass is 19.4. The van der Waals surface area contributed by atoms with Crippen LogP contribution in [-0.2, 0) is 12.6 Å². The van der Waals surface area contributed by atoms with Crippen molar-refractivity contribution >= 4 is 10.9 Å². The summed E-state index contributed by atoms with van der Waals surface area (Å²) in [5.74, 6) is 0. The topological polar surface area (TPSA) is 12.9 Å². The first-order valence-corrected chi connectivity index (χ1v) is 7.06. The zero-order valence-electron chi connectivity index (χ0n) is 12.0. The van der Waals surface area contributed by atoms with Crippen LogP contribution in [0.4, 0.5) is 13.2 Å². The lowest BCUT2D eigenvalue weighted by Gasteiger charge is -2.15. The van der Waals surface area contributed by atoms with E-state index in [1.54, 1.807) is 30.3 Å². The monoisotopic (exact) mass is 301 g/mol. The molecule has 4 heteroatoms. The van der Waals surface area contributed by atoms with E-state index in [1.807, 2.05) is 19.1 Å². The van der Waals surface area contributed by atoms with E-state index in [1.165, 1.54) is 6.07 Å². The maximum Gasteiger partial charge on any atom is 0.417 e. The summed E-state index contributed by atoms with van der Waals surface area (Å²) in [6, 6.07) is 14.9. The number of hydrogen-bond acceptors (Lipinski definition) is 1. The third-order valence-corrected chi connectivity index (χ3v) is 3.65. The molecule has 0 unspecified atom stereocenters. The molecule has 1 nitrogen and oxygen atoms in total. The number of hydrogen-bond donors (Lipinski definition) is 0. The third kappa shape index (κ3) is 2.56. The molecule has 0 aliphatic rings. The van der Waals surface area contributed by atoms with Crippen LogP contribution in [-0.4, -0.2) is 4.98 Å². The van der Waals surface area contributed by atoms with Crippen LogP contribution < -0.4 is 0 Å². The van der Waals surface area contributed by atoms with Crippen molar-refractivity contribution < 1.29 is 13.2 Å². The third-order valence-electron chi connectivity index (χ3n) is 3.65. The Kier molecular flexibility index (Phi) is 3.61. The predicted octanol–water partition coefficient (Wildman–Crippen LogP) is 5.48. The van der Waals surface area contributed by atoms with E-state index in [-0.39, 0.29) is 5.56 Å². The van der Waals surface area contributed by atoms with Crippen LogP contribution in [0, 0.1) is 0 Å². The van der Waals surface area contributed by atoms with Gasteiger partial charge in [-0.25, -0.2) is 0 Å². The Morgan fingerprint density at radius 3 is 2.23 bits per heavy atom. The first-order chi connectivity index (χ1) is 10.5. The summed E-state index contributed by atoms with van der Waals surface area (Å²) in [4.78, 5) is 4.44. The van der Waals surface area contributed by atoms with Gasteiger partial charge in [-0.3, -0.25) is 4.98 Å². The first-order valence-electron chi connectivity index (χ1n) is 7.06. The lowest BCUT2D eigenvalue weighted by atomic mass is 9.95. The highest BCUT2D eigenvalue weighted by molar-refractivity contribution is 5.95. The minimum atomic E-state index is -4.41. The Morgan fingerprint density at radius 1 is 0.909 bits per heavy atom. The second-order valence-corrected chi connectivity index (χ2v) is 5.08. The van der Waals surface area contributed by atoms with Gasteiger partial charge in [-0.15, -0.1) is 0 Å². The summed E-state index contributed by atoms with van der Waals surface area (Å²) in [6.07, 6.45) is -3.73. The number of aryl methyl sites for hydroxylation is 1. The molecule has 3 rings (SSSR count). The van der Waals surface area contributed by atoms with Crippen molar-refractivity contribution in [3.05, 3.63) is 65.9 Å². The molecule has 1 aromatic heterocycles. The molecule has 0 amide bonds. The fraction of sp³-hybridized carbons (Fsp3) is 0.167. The number of benzene rings is 2. The van der Waals surface area contributed by atoms with Gasteiger partial charge in [0.2, 0.25) is 0 Å². The van der Waals surface area contributed by atoms with Gasteiger partial charge in [-0.1, -0.05) is 49.4 Å². The van der Waals surface area contributed by atoms with Gasteiger partial charge < -0.3 is 0 Å². The number of halogens is 3. The van der Waals surface area contributed by atoms with Crippen LogP contribution in [0.3, 0.4) is 0 Å². The highest BCUT2D eigenvalue weighted by Crippen LogP contribution is 2.40. The molecule has 22 heavy (non-hydrogen) atoms. The average Bonchev–Trinajstić information content (AvgIpc) is 2.53. The van der Waals surface area contributed by atoms with E-state index in [4.69, 9.17) is 0 Å². The molecule has 0 aliphatic heterocycles. The molecule has 1 heterocycles. The Labute approximate surface area is 126 Å². The summed E-state index contributed by atoms with van der Waals surface area (Å²) < 4.78 is 40.2. The summed E-state index contributed by atoms with van der Waals surface area (Å²) in [7, 11) is 0. The molecular formula is C18H14F3N. The van der Waals surface area contributed by atoms with Crippen molar-refractivity contribution in [3.63, 3.8) is 0 Å². The predicted molar refractivity (Wildman–Crippen MR) is 81.6 cm³/mol. The number of aromatic nitrogens is 1. The number of pyridine rings is 1. The van der Waals surface area contributed by atoms with Crippen LogP contribution in [0.25, 0.3) is 22.0 Å². The molecule has 0 saturated carbocycles. The fourth-order valence-electron chi connectivity index (χ4n) is 2.56. The zero-order valence-corrected chi connectivity index (χ0v) is 12.0. The molecule has 0 atom stereocenters. The molecular weight excluding hydrogens is 287 g/mol. The number of alkyl halides is 3. The first kappa shape index (κ1) is 14.6. The number of rotatable bonds is 2. The second kappa shape index (κ2) is 5.44.